The number of rotatable bonds is 5. The van der Waals surface area contributed by atoms with Crippen LogP contribution in [-0.4, -0.2) is 29.6 Å². The molecule has 0 aliphatic carbocycles. The molecule has 0 atom stereocenters. The Kier molecular flexibility index (Phi) is 4.86. The second-order valence-corrected chi connectivity index (χ2v) is 5.17. The van der Waals surface area contributed by atoms with Crippen LogP contribution in [0.1, 0.15) is 48.6 Å². The van der Waals surface area contributed by atoms with Crippen molar-refractivity contribution in [1.29, 1.82) is 0 Å². The lowest BCUT2D eigenvalue weighted by Crippen LogP contribution is -2.30. The van der Waals surface area contributed by atoms with E-state index in [1.54, 1.807) is 12.1 Å². The number of hydrogen-bond donors (Lipinski definition) is 1. The summed E-state index contributed by atoms with van der Waals surface area (Å²) in [5.74, 6) is -0.196. The largest absolute Gasteiger partial charge is 0.389 e. The van der Waals surface area contributed by atoms with E-state index in [-0.39, 0.29) is 24.7 Å². The van der Waals surface area contributed by atoms with E-state index in [0.29, 0.717) is 5.69 Å². The minimum absolute atomic E-state index is 0.0471. The van der Waals surface area contributed by atoms with E-state index < -0.39 is 12.6 Å². The van der Waals surface area contributed by atoms with Gasteiger partial charge in [-0.3, -0.25) is 4.79 Å². The maximum Gasteiger partial charge on any atom is 0.389 e. The fraction of sp³-hybridized carbons (Fsp3) is 0.643. The monoisotopic (exact) mass is 288 g/mol. The van der Waals surface area contributed by atoms with Crippen LogP contribution in [0.3, 0.4) is 0 Å². The molecule has 112 valence electrons. The Labute approximate surface area is 116 Å². The molecule has 20 heavy (non-hydrogen) atoms. The van der Waals surface area contributed by atoms with Crippen LogP contribution < -0.4 is 5.32 Å². The van der Waals surface area contributed by atoms with Gasteiger partial charge in [-0.05, 0) is 44.5 Å². The summed E-state index contributed by atoms with van der Waals surface area (Å²) < 4.78 is 38.2. The normalized spacial score (nSPS) is 17.4. The van der Waals surface area contributed by atoms with Crippen molar-refractivity contribution in [3.8, 4) is 0 Å². The summed E-state index contributed by atoms with van der Waals surface area (Å²) in [7, 11) is 0. The Balaban J connectivity index is 1.94. The van der Waals surface area contributed by atoms with Gasteiger partial charge in [-0.25, -0.2) is 0 Å². The zero-order valence-electron chi connectivity index (χ0n) is 11.2. The van der Waals surface area contributed by atoms with Crippen molar-refractivity contribution in [2.45, 2.75) is 44.3 Å². The van der Waals surface area contributed by atoms with Crippen LogP contribution in [0.15, 0.2) is 18.3 Å². The number of carbonyl (C=O) groups is 1. The average Bonchev–Trinajstić information content (AvgIpc) is 2.87. The highest BCUT2D eigenvalue weighted by Gasteiger charge is 2.27. The molecule has 1 aliphatic rings. The second-order valence-electron chi connectivity index (χ2n) is 5.17. The molecule has 0 unspecified atom stereocenters. The van der Waals surface area contributed by atoms with Gasteiger partial charge in [-0.2, -0.15) is 13.2 Å². The zero-order valence-corrected chi connectivity index (χ0v) is 11.2. The van der Waals surface area contributed by atoms with Crippen LogP contribution in [0, 0.1) is 0 Å². The first-order valence-electron chi connectivity index (χ1n) is 6.95. The minimum atomic E-state index is -4.18. The topological polar surface area (TPSA) is 34.0 Å². The summed E-state index contributed by atoms with van der Waals surface area (Å²) >= 11 is 0. The summed E-state index contributed by atoms with van der Waals surface area (Å²) in [5.41, 5.74) is 0.541. The maximum atomic E-state index is 12.1. The SMILES string of the molecule is O=C(CCCC(F)(F)F)c1cccn1C1CCNCC1. The third-order valence-corrected chi connectivity index (χ3v) is 3.63. The van der Waals surface area contributed by atoms with Crippen LogP contribution in [0.4, 0.5) is 13.2 Å². The summed E-state index contributed by atoms with van der Waals surface area (Å²) in [6.45, 7) is 1.81. The molecule has 1 aromatic rings. The molecule has 0 spiro atoms. The van der Waals surface area contributed by atoms with Gasteiger partial charge in [0.1, 0.15) is 0 Å². The van der Waals surface area contributed by atoms with Crippen molar-refractivity contribution in [2.75, 3.05) is 13.1 Å². The van der Waals surface area contributed by atoms with E-state index in [4.69, 9.17) is 0 Å². The Morgan fingerprint density at radius 3 is 2.70 bits per heavy atom. The highest BCUT2D eigenvalue weighted by molar-refractivity contribution is 5.94. The Hall–Kier alpha value is -1.30. The molecule has 1 aliphatic heterocycles. The number of nitrogens with one attached hydrogen (secondary N) is 1. The van der Waals surface area contributed by atoms with E-state index >= 15 is 0 Å². The molecule has 1 N–H and O–H groups in total. The van der Waals surface area contributed by atoms with Gasteiger partial charge in [0.25, 0.3) is 0 Å². The second kappa shape index (κ2) is 6.43. The van der Waals surface area contributed by atoms with Crippen LogP contribution in [0.5, 0.6) is 0 Å². The molecule has 0 aromatic carbocycles. The number of aromatic nitrogens is 1. The molecule has 2 rings (SSSR count). The molecule has 2 heterocycles. The van der Waals surface area contributed by atoms with E-state index in [2.05, 4.69) is 5.32 Å². The van der Waals surface area contributed by atoms with E-state index in [1.807, 2.05) is 10.8 Å². The van der Waals surface area contributed by atoms with E-state index in [0.717, 1.165) is 25.9 Å². The number of Topliss-reactive ketones (excluding diaryl/α,β-unsaturated/α-hetero) is 1. The Morgan fingerprint density at radius 2 is 2.05 bits per heavy atom. The number of halogens is 3. The molecule has 0 saturated carbocycles. The third kappa shape index (κ3) is 4.10. The first-order valence-corrected chi connectivity index (χ1v) is 6.95. The maximum absolute atomic E-state index is 12.1. The van der Waals surface area contributed by atoms with Crippen molar-refractivity contribution >= 4 is 5.78 Å². The molecule has 6 heteroatoms. The van der Waals surface area contributed by atoms with Gasteiger partial charge in [-0.15, -0.1) is 0 Å². The summed E-state index contributed by atoms with van der Waals surface area (Å²) in [5, 5.41) is 3.25. The minimum Gasteiger partial charge on any atom is -0.342 e. The van der Waals surface area contributed by atoms with Crippen LogP contribution in [-0.2, 0) is 0 Å². The lowest BCUT2D eigenvalue weighted by molar-refractivity contribution is -0.135. The van der Waals surface area contributed by atoms with Crippen LogP contribution >= 0.6 is 0 Å². The van der Waals surface area contributed by atoms with E-state index in [1.165, 1.54) is 0 Å². The fourth-order valence-corrected chi connectivity index (χ4v) is 2.61. The van der Waals surface area contributed by atoms with Gasteiger partial charge in [0.05, 0.1) is 5.69 Å². The summed E-state index contributed by atoms with van der Waals surface area (Å²) in [6, 6.07) is 3.77. The number of piperidine rings is 1. The van der Waals surface area contributed by atoms with Gasteiger partial charge < -0.3 is 9.88 Å². The highest BCUT2D eigenvalue weighted by Crippen LogP contribution is 2.25. The molecule has 0 amide bonds. The molecular weight excluding hydrogens is 269 g/mol. The van der Waals surface area contributed by atoms with Gasteiger partial charge in [0, 0.05) is 25.1 Å². The Morgan fingerprint density at radius 1 is 1.35 bits per heavy atom. The Bertz CT molecular complexity index is 448. The molecule has 0 radical (unpaired) electrons. The summed E-state index contributed by atoms with van der Waals surface area (Å²) in [6.07, 6.45) is -1.53. The molecule has 1 aromatic heterocycles. The number of alkyl halides is 3. The van der Waals surface area contributed by atoms with Crippen LogP contribution in [0.25, 0.3) is 0 Å². The number of hydrogen-bond acceptors (Lipinski definition) is 2. The van der Waals surface area contributed by atoms with Gasteiger partial charge in [-0.1, -0.05) is 0 Å². The predicted octanol–water partition coefficient (Wildman–Crippen LogP) is 3.33. The quantitative estimate of drug-likeness (QED) is 0.843. The van der Waals surface area contributed by atoms with Gasteiger partial charge >= 0.3 is 6.18 Å². The van der Waals surface area contributed by atoms with Crippen molar-refractivity contribution in [1.82, 2.24) is 9.88 Å². The fourth-order valence-electron chi connectivity index (χ4n) is 2.61. The number of nitrogens with zero attached hydrogens (tertiary/aromatic N) is 1. The van der Waals surface area contributed by atoms with Crippen molar-refractivity contribution in [2.24, 2.45) is 0 Å². The molecule has 0 bridgehead atoms. The average molecular weight is 288 g/mol. The van der Waals surface area contributed by atoms with E-state index in [9.17, 15) is 18.0 Å². The first-order chi connectivity index (χ1) is 9.47. The standard InChI is InChI=1S/C14H19F3N2O/c15-14(16,17)7-1-4-13(20)12-3-2-10-19(12)11-5-8-18-9-6-11/h2-3,10-11,18H,1,4-9H2. The highest BCUT2D eigenvalue weighted by atomic mass is 19.4. The molecule has 1 fully saturated rings. The lowest BCUT2D eigenvalue weighted by atomic mass is 10.1. The number of ketones is 1. The third-order valence-electron chi connectivity index (χ3n) is 3.63. The smallest absolute Gasteiger partial charge is 0.342 e. The molecular formula is C14H19F3N2O. The van der Waals surface area contributed by atoms with Crippen LogP contribution in [0.2, 0.25) is 0 Å². The van der Waals surface area contributed by atoms with Gasteiger partial charge in [0.2, 0.25) is 0 Å². The van der Waals surface area contributed by atoms with Crippen molar-refractivity contribution in [3.05, 3.63) is 24.0 Å². The molecule has 1 saturated heterocycles. The lowest BCUT2D eigenvalue weighted by Gasteiger charge is -2.25. The first kappa shape index (κ1) is 15.1. The number of carbonyl (C=O) groups excluding carboxylic acids is 1. The molecule has 3 nitrogen and oxygen atoms in total. The van der Waals surface area contributed by atoms with Crippen molar-refractivity contribution in [3.63, 3.8) is 0 Å². The zero-order chi connectivity index (χ0) is 14.6. The summed E-state index contributed by atoms with van der Waals surface area (Å²) in [4.78, 5) is 12.1. The van der Waals surface area contributed by atoms with Crippen molar-refractivity contribution < 1.29 is 18.0 Å². The van der Waals surface area contributed by atoms with Gasteiger partial charge in [0.15, 0.2) is 5.78 Å². The predicted molar refractivity (Wildman–Crippen MR) is 69.8 cm³/mol.